The molecule has 3 fully saturated rings. The van der Waals surface area contributed by atoms with Gasteiger partial charge in [0.1, 0.15) is 0 Å². The first kappa shape index (κ1) is 10.5. The first-order chi connectivity index (χ1) is 7.71. The number of hydrogen-bond donors (Lipinski definition) is 1. The lowest BCUT2D eigenvalue weighted by molar-refractivity contribution is -0.134. The molecule has 0 radical (unpaired) electrons. The molecule has 0 aliphatic carbocycles. The van der Waals surface area contributed by atoms with E-state index in [1.54, 1.807) is 0 Å². The smallest absolute Gasteiger partial charge is 0.237 e. The molecule has 0 aromatic carbocycles. The molecule has 3 rings (SSSR count). The molecule has 3 aliphatic heterocycles. The van der Waals surface area contributed by atoms with Crippen molar-refractivity contribution in [3.8, 4) is 0 Å². The van der Waals surface area contributed by atoms with Crippen molar-refractivity contribution in [2.45, 2.75) is 37.3 Å². The van der Waals surface area contributed by atoms with Crippen LogP contribution in [0.2, 0.25) is 0 Å². The quantitative estimate of drug-likeness (QED) is 0.630. The van der Waals surface area contributed by atoms with Gasteiger partial charge in [0.05, 0.1) is 6.04 Å². The predicted octanol–water partition coefficient (Wildman–Crippen LogP) is 0.0450. The van der Waals surface area contributed by atoms with E-state index >= 15 is 0 Å². The minimum Gasteiger partial charge on any atom is -0.353 e. The van der Waals surface area contributed by atoms with Crippen molar-refractivity contribution < 1.29 is 4.79 Å². The van der Waals surface area contributed by atoms with E-state index in [9.17, 15) is 4.79 Å². The molecule has 1 spiro atoms. The van der Waals surface area contributed by atoms with Gasteiger partial charge >= 0.3 is 0 Å². The van der Waals surface area contributed by atoms with Crippen molar-refractivity contribution in [1.29, 1.82) is 0 Å². The highest BCUT2D eigenvalue weighted by atomic mass is 16.2. The van der Waals surface area contributed by atoms with Crippen LogP contribution in [0.1, 0.15) is 25.7 Å². The zero-order valence-corrected chi connectivity index (χ0v) is 10.0. The maximum atomic E-state index is 11.8. The number of amides is 1. The van der Waals surface area contributed by atoms with E-state index in [0.717, 1.165) is 19.5 Å². The van der Waals surface area contributed by atoms with E-state index in [1.165, 1.54) is 32.4 Å². The van der Waals surface area contributed by atoms with Gasteiger partial charge in [0.15, 0.2) is 0 Å². The van der Waals surface area contributed by atoms with Crippen LogP contribution >= 0.6 is 0 Å². The number of hydrogen-bond acceptors (Lipinski definition) is 3. The molecule has 1 amide bonds. The number of piperidine rings is 1. The molecule has 0 bridgehead atoms. The second kappa shape index (κ2) is 3.70. The van der Waals surface area contributed by atoms with Crippen molar-refractivity contribution in [1.82, 2.24) is 15.1 Å². The molecule has 0 aromatic heterocycles. The van der Waals surface area contributed by atoms with Crippen LogP contribution in [0.15, 0.2) is 0 Å². The molecule has 16 heavy (non-hydrogen) atoms. The fraction of sp³-hybridized carbons (Fsp3) is 0.917. The highest BCUT2D eigenvalue weighted by molar-refractivity contribution is 5.83. The Bertz CT molecular complexity index is 297. The van der Waals surface area contributed by atoms with E-state index in [2.05, 4.69) is 22.2 Å². The van der Waals surface area contributed by atoms with Gasteiger partial charge in [-0.2, -0.15) is 0 Å². The summed E-state index contributed by atoms with van der Waals surface area (Å²) in [5, 5.41) is 3.13. The van der Waals surface area contributed by atoms with Crippen LogP contribution in [0, 0.1) is 0 Å². The van der Waals surface area contributed by atoms with Crippen LogP contribution in [0.5, 0.6) is 0 Å². The SMILES string of the molecule is CN1CCC2(CC1)CNC(=O)[C@@H]1CCCN12. The van der Waals surface area contributed by atoms with Crippen molar-refractivity contribution in [3.05, 3.63) is 0 Å². The van der Waals surface area contributed by atoms with Gasteiger partial charge in [0, 0.05) is 12.1 Å². The molecule has 0 unspecified atom stereocenters. The largest absolute Gasteiger partial charge is 0.353 e. The molecule has 3 aliphatic rings. The molecule has 4 heteroatoms. The first-order valence-electron chi connectivity index (χ1n) is 6.44. The maximum absolute atomic E-state index is 11.8. The number of carbonyl (C=O) groups excluding carboxylic acids is 1. The normalized spacial score (nSPS) is 35.1. The number of fused-ring (bicyclic) bond motifs is 2. The third kappa shape index (κ3) is 1.47. The topological polar surface area (TPSA) is 35.6 Å². The minimum atomic E-state index is 0.178. The molecule has 0 aromatic rings. The standard InChI is InChI=1S/C12H21N3O/c1-14-7-4-12(5-8-14)9-13-11(16)10-3-2-6-15(10)12/h10H,2-9H2,1H3,(H,13,16)/t10-/m0/s1. The molecule has 4 nitrogen and oxygen atoms in total. The molecule has 3 saturated heterocycles. The Labute approximate surface area is 97.0 Å². The summed E-state index contributed by atoms with van der Waals surface area (Å²) in [7, 11) is 2.19. The summed E-state index contributed by atoms with van der Waals surface area (Å²) in [6, 6.07) is 0.178. The number of nitrogens with zero attached hydrogens (tertiary/aromatic N) is 2. The van der Waals surface area contributed by atoms with Gasteiger partial charge in [-0.15, -0.1) is 0 Å². The molecule has 0 saturated carbocycles. The number of carbonyl (C=O) groups is 1. The molecule has 3 heterocycles. The Morgan fingerprint density at radius 1 is 1.31 bits per heavy atom. The zero-order chi connectivity index (χ0) is 11.2. The Morgan fingerprint density at radius 2 is 2.06 bits per heavy atom. The lowest BCUT2D eigenvalue weighted by Gasteiger charge is -2.51. The van der Waals surface area contributed by atoms with Crippen molar-refractivity contribution >= 4 is 5.91 Å². The fourth-order valence-corrected chi connectivity index (χ4v) is 3.58. The number of piperazine rings is 1. The summed E-state index contributed by atoms with van der Waals surface area (Å²) in [5.74, 6) is 0.266. The summed E-state index contributed by atoms with van der Waals surface area (Å²) in [4.78, 5) is 16.7. The number of nitrogens with one attached hydrogen (secondary N) is 1. The minimum absolute atomic E-state index is 0.178. The van der Waals surface area contributed by atoms with E-state index in [0.29, 0.717) is 0 Å². The Kier molecular flexibility index (Phi) is 2.44. The fourth-order valence-electron chi connectivity index (χ4n) is 3.58. The third-order valence-corrected chi connectivity index (χ3v) is 4.67. The van der Waals surface area contributed by atoms with Crippen molar-refractivity contribution in [2.75, 3.05) is 33.2 Å². The van der Waals surface area contributed by atoms with Crippen molar-refractivity contribution in [2.24, 2.45) is 0 Å². The predicted molar refractivity (Wildman–Crippen MR) is 62.2 cm³/mol. The highest BCUT2D eigenvalue weighted by Gasteiger charge is 2.49. The summed E-state index contributed by atoms with van der Waals surface area (Å²) in [6.45, 7) is 4.33. The molecular weight excluding hydrogens is 202 g/mol. The number of rotatable bonds is 0. The van der Waals surface area contributed by atoms with Gasteiger partial charge in [-0.25, -0.2) is 0 Å². The van der Waals surface area contributed by atoms with Gasteiger partial charge in [-0.3, -0.25) is 9.69 Å². The Balaban J connectivity index is 1.82. The molecular formula is C12H21N3O. The van der Waals surface area contributed by atoms with Crippen molar-refractivity contribution in [3.63, 3.8) is 0 Å². The van der Waals surface area contributed by atoms with Crippen LogP contribution < -0.4 is 5.32 Å². The van der Waals surface area contributed by atoms with Crippen LogP contribution in [0.3, 0.4) is 0 Å². The maximum Gasteiger partial charge on any atom is 0.237 e. The summed E-state index contributed by atoms with van der Waals surface area (Å²) < 4.78 is 0. The van der Waals surface area contributed by atoms with Crippen LogP contribution in [0.4, 0.5) is 0 Å². The average Bonchev–Trinajstić information content (AvgIpc) is 2.78. The molecule has 1 N–H and O–H groups in total. The Hall–Kier alpha value is -0.610. The second-order valence-electron chi connectivity index (χ2n) is 5.60. The van der Waals surface area contributed by atoms with Crippen LogP contribution in [-0.2, 0) is 4.79 Å². The average molecular weight is 223 g/mol. The molecule has 90 valence electrons. The number of likely N-dealkylation sites (tertiary alicyclic amines) is 1. The lowest BCUT2D eigenvalue weighted by atomic mass is 9.83. The first-order valence-corrected chi connectivity index (χ1v) is 6.44. The Morgan fingerprint density at radius 3 is 2.81 bits per heavy atom. The van der Waals surface area contributed by atoms with Gasteiger partial charge in [0.25, 0.3) is 0 Å². The van der Waals surface area contributed by atoms with E-state index in [4.69, 9.17) is 0 Å². The monoisotopic (exact) mass is 223 g/mol. The van der Waals surface area contributed by atoms with Gasteiger partial charge in [0.2, 0.25) is 5.91 Å². The van der Waals surface area contributed by atoms with E-state index in [1.807, 2.05) is 0 Å². The van der Waals surface area contributed by atoms with Crippen LogP contribution in [0.25, 0.3) is 0 Å². The van der Waals surface area contributed by atoms with E-state index in [-0.39, 0.29) is 17.5 Å². The summed E-state index contributed by atoms with van der Waals surface area (Å²) >= 11 is 0. The molecule has 1 atom stereocenters. The highest BCUT2D eigenvalue weighted by Crippen LogP contribution is 2.36. The summed E-state index contributed by atoms with van der Waals surface area (Å²) in [5.41, 5.74) is 0.279. The van der Waals surface area contributed by atoms with Gasteiger partial charge in [-0.1, -0.05) is 0 Å². The van der Waals surface area contributed by atoms with Gasteiger partial charge in [-0.05, 0) is 52.4 Å². The second-order valence-corrected chi connectivity index (χ2v) is 5.60. The zero-order valence-electron chi connectivity index (χ0n) is 10.0. The lowest BCUT2D eigenvalue weighted by Crippen LogP contribution is -2.68. The van der Waals surface area contributed by atoms with Crippen LogP contribution in [-0.4, -0.2) is 60.5 Å². The summed E-state index contributed by atoms with van der Waals surface area (Å²) in [6.07, 6.45) is 4.67. The third-order valence-electron chi connectivity index (χ3n) is 4.67. The van der Waals surface area contributed by atoms with Gasteiger partial charge < -0.3 is 10.2 Å². The van der Waals surface area contributed by atoms with E-state index < -0.39 is 0 Å².